The molecule has 0 spiro atoms. The molecule has 0 radical (unpaired) electrons. The summed E-state index contributed by atoms with van der Waals surface area (Å²) in [4.78, 5) is 15.8. The molecular formula is C18H17F3N4O5S. The molecule has 0 atom stereocenters. The van der Waals surface area contributed by atoms with Gasteiger partial charge in [0.05, 0.1) is 37.7 Å². The molecule has 9 nitrogen and oxygen atoms in total. The first-order chi connectivity index (χ1) is 14.5. The van der Waals surface area contributed by atoms with Crippen molar-refractivity contribution >= 4 is 32.6 Å². The van der Waals surface area contributed by atoms with Crippen LogP contribution in [0.5, 0.6) is 5.75 Å². The number of hydrogen-bond donors (Lipinski definition) is 1. The maximum absolute atomic E-state index is 12.8. The average Bonchev–Trinajstić information content (AvgIpc) is 3.07. The number of aromatic nitrogens is 3. The average molecular weight is 458 g/mol. The Labute approximate surface area is 174 Å². The van der Waals surface area contributed by atoms with E-state index >= 15 is 0 Å². The molecule has 166 valence electrons. The fourth-order valence-corrected chi connectivity index (χ4v) is 3.05. The number of carbonyl (C=O) groups is 1. The molecule has 1 amide bonds. The van der Waals surface area contributed by atoms with Crippen LogP contribution < -0.4 is 10.1 Å². The van der Waals surface area contributed by atoms with Gasteiger partial charge in [-0.15, -0.1) is 0 Å². The number of anilines is 1. The number of ether oxygens (including phenoxy) is 1. The summed E-state index contributed by atoms with van der Waals surface area (Å²) in [6, 6.07) is 6.08. The van der Waals surface area contributed by atoms with E-state index < -0.39 is 33.6 Å². The number of pyridine rings is 1. The largest absolute Gasteiger partial charge is 0.494 e. The van der Waals surface area contributed by atoms with Crippen LogP contribution in [0.25, 0.3) is 10.9 Å². The number of benzene rings is 1. The van der Waals surface area contributed by atoms with Gasteiger partial charge in [0.1, 0.15) is 17.1 Å². The van der Waals surface area contributed by atoms with E-state index in [1.165, 1.54) is 23.9 Å². The van der Waals surface area contributed by atoms with Crippen molar-refractivity contribution in [2.75, 3.05) is 25.3 Å². The molecule has 0 aliphatic rings. The van der Waals surface area contributed by atoms with Gasteiger partial charge >= 0.3 is 6.18 Å². The Morgan fingerprint density at radius 3 is 2.65 bits per heavy atom. The minimum absolute atomic E-state index is 0.116. The minimum Gasteiger partial charge on any atom is -0.494 e. The molecule has 0 bridgehead atoms. The zero-order valence-corrected chi connectivity index (χ0v) is 17.1. The molecule has 13 heteroatoms. The third kappa shape index (κ3) is 5.70. The Bertz CT molecular complexity index is 1220. The summed E-state index contributed by atoms with van der Waals surface area (Å²) in [6.45, 7) is 0.0364. The first-order valence-corrected chi connectivity index (χ1v) is 10.5. The number of halogens is 3. The van der Waals surface area contributed by atoms with Crippen LogP contribution in [0.2, 0.25) is 0 Å². The number of hydrogen-bond acceptors (Lipinski definition) is 7. The second kappa shape index (κ2) is 8.51. The van der Waals surface area contributed by atoms with Crippen molar-refractivity contribution in [2.45, 2.75) is 12.7 Å². The molecule has 0 aliphatic carbocycles. The van der Waals surface area contributed by atoms with Gasteiger partial charge in [0.25, 0.3) is 16.0 Å². The summed E-state index contributed by atoms with van der Waals surface area (Å²) in [5.41, 5.74) is -0.900. The number of rotatable bonds is 7. The molecule has 0 aliphatic heterocycles. The topological polar surface area (TPSA) is 112 Å². The highest BCUT2D eigenvalue weighted by molar-refractivity contribution is 7.85. The van der Waals surface area contributed by atoms with Crippen molar-refractivity contribution in [2.24, 2.45) is 0 Å². The van der Waals surface area contributed by atoms with Gasteiger partial charge in [-0.2, -0.15) is 26.7 Å². The number of nitrogens with zero attached hydrogens (tertiary/aromatic N) is 3. The van der Waals surface area contributed by atoms with E-state index in [1.807, 2.05) is 0 Å². The van der Waals surface area contributed by atoms with E-state index in [0.717, 1.165) is 24.5 Å². The number of nitrogens with one attached hydrogen (secondary N) is 1. The fraction of sp³-hybridized carbons (Fsp3) is 0.278. The minimum atomic E-state index is -4.68. The normalized spacial score (nSPS) is 12.2. The quantitative estimate of drug-likeness (QED) is 0.542. The van der Waals surface area contributed by atoms with Crippen molar-refractivity contribution < 1.29 is 35.3 Å². The lowest BCUT2D eigenvalue weighted by Gasteiger charge is -2.11. The van der Waals surface area contributed by atoms with E-state index in [-0.39, 0.29) is 24.6 Å². The number of amides is 1. The van der Waals surface area contributed by atoms with Crippen LogP contribution in [0.1, 0.15) is 16.2 Å². The Balaban J connectivity index is 1.83. The Morgan fingerprint density at radius 2 is 2.00 bits per heavy atom. The van der Waals surface area contributed by atoms with Crippen LogP contribution in [0.4, 0.5) is 18.9 Å². The molecule has 0 unspecified atom stereocenters. The van der Waals surface area contributed by atoms with Crippen LogP contribution in [0.3, 0.4) is 0 Å². The van der Waals surface area contributed by atoms with E-state index in [9.17, 15) is 26.4 Å². The van der Waals surface area contributed by atoms with Gasteiger partial charge in [0.15, 0.2) is 0 Å². The predicted octanol–water partition coefficient (Wildman–Crippen LogP) is 2.69. The van der Waals surface area contributed by atoms with Crippen LogP contribution in [0.15, 0.2) is 36.5 Å². The van der Waals surface area contributed by atoms with Crippen molar-refractivity contribution in [3.8, 4) is 5.75 Å². The lowest BCUT2D eigenvalue weighted by molar-refractivity contribution is -0.141. The van der Waals surface area contributed by atoms with Gasteiger partial charge in [-0.05, 0) is 18.2 Å². The molecule has 31 heavy (non-hydrogen) atoms. The van der Waals surface area contributed by atoms with E-state index in [0.29, 0.717) is 10.9 Å². The molecule has 1 N–H and O–H groups in total. The Kier molecular flexibility index (Phi) is 6.18. The summed E-state index contributed by atoms with van der Waals surface area (Å²) in [6.07, 6.45) is -2.15. The first-order valence-electron chi connectivity index (χ1n) is 8.71. The Hall–Kier alpha value is -3.19. The van der Waals surface area contributed by atoms with Gasteiger partial charge in [0.2, 0.25) is 0 Å². The summed E-state index contributed by atoms with van der Waals surface area (Å²) in [5, 5.41) is 7.33. The van der Waals surface area contributed by atoms with Crippen LogP contribution in [-0.4, -0.2) is 49.1 Å². The molecule has 0 fully saturated rings. The monoisotopic (exact) mass is 458 g/mol. The Morgan fingerprint density at radius 1 is 1.26 bits per heavy atom. The van der Waals surface area contributed by atoms with Gasteiger partial charge in [0, 0.05) is 17.6 Å². The third-order valence-corrected chi connectivity index (χ3v) is 4.61. The zero-order chi connectivity index (χ0) is 22.8. The molecule has 0 saturated carbocycles. The highest BCUT2D eigenvalue weighted by Gasteiger charge is 2.33. The molecule has 2 heterocycles. The maximum Gasteiger partial charge on any atom is 0.433 e. The molecule has 2 aromatic heterocycles. The van der Waals surface area contributed by atoms with Crippen molar-refractivity contribution in [3.63, 3.8) is 0 Å². The van der Waals surface area contributed by atoms with Gasteiger partial charge < -0.3 is 10.1 Å². The van der Waals surface area contributed by atoms with Crippen LogP contribution in [0, 0.1) is 0 Å². The summed E-state index contributed by atoms with van der Waals surface area (Å²) < 4.78 is 72.0. The van der Waals surface area contributed by atoms with Gasteiger partial charge in [-0.3, -0.25) is 13.7 Å². The van der Waals surface area contributed by atoms with E-state index in [4.69, 9.17) is 4.74 Å². The summed E-state index contributed by atoms with van der Waals surface area (Å²) in [5.74, 6) is -0.622. The smallest absolute Gasteiger partial charge is 0.433 e. The molecule has 3 rings (SSSR count). The first kappa shape index (κ1) is 22.5. The number of fused-ring (bicyclic) bond motifs is 1. The second-order valence-corrected chi connectivity index (χ2v) is 8.03. The lowest BCUT2D eigenvalue weighted by Crippen LogP contribution is -2.17. The standard InChI is InChI=1S/C18H17F3N4O5S/c1-29-15-9-13-11(10-25(24-13)6-7-30-31(2,27)28)8-14(15)23-17(26)12-4-3-5-16(22-12)18(19,20)21/h3-5,8-10H,6-7H2,1-2H3,(H,23,26). The van der Waals surface area contributed by atoms with Crippen LogP contribution in [-0.2, 0) is 27.0 Å². The highest BCUT2D eigenvalue weighted by Crippen LogP contribution is 2.31. The van der Waals surface area contributed by atoms with Crippen LogP contribution >= 0.6 is 0 Å². The lowest BCUT2D eigenvalue weighted by atomic mass is 10.2. The highest BCUT2D eigenvalue weighted by atomic mass is 32.2. The number of methoxy groups -OCH3 is 1. The third-order valence-electron chi connectivity index (χ3n) is 4.01. The number of alkyl halides is 3. The van der Waals surface area contributed by atoms with Crippen molar-refractivity contribution in [1.82, 2.24) is 14.8 Å². The van der Waals surface area contributed by atoms with E-state index in [1.54, 1.807) is 6.20 Å². The second-order valence-electron chi connectivity index (χ2n) is 6.39. The molecule has 3 aromatic rings. The maximum atomic E-state index is 12.8. The zero-order valence-electron chi connectivity index (χ0n) is 16.3. The van der Waals surface area contributed by atoms with Crippen molar-refractivity contribution in [1.29, 1.82) is 0 Å². The SMILES string of the molecule is COc1cc2nn(CCOS(C)(=O)=O)cc2cc1NC(=O)c1cccc(C(F)(F)F)n1. The molecule has 0 saturated heterocycles. The van der Waals surface area contributed by atoms with Gasteiger partial charge in [-0.25, -0.2) is 4.98 Å². The summed E-state index contributed by atoms with van der Waals surface area (Å²) in [7, 11) is -2.22. The van der Waals surface area contributed by atoms with Crippen molar-refractivity contribution in [3.05, 3.63) is 47.9 Å². The number of carbonyl (C=O) groups excluding carboxylic acids is 1. The fourth-order valence-electron chi connectivity index (χ4n) is 2.67. The predicted molar refractivity (Wildman–Crippen MR) is 104 cm³/mol. The summed E-state index contributed by atoms with van der Waals surface area (Å²) >= 11 is 0. The van der Waals surface area contributed by atoms with Gasteiger partial charge in [-0.1, -0.05) is 6.07 Å². The molecule has 1 aromatic carbocycles. The molecular weight excluding hydrogens is 441 g/mol. The van der Waals surface area contributed by atoms with E-state index in [2.05, 4.69) is 19.6 Å².